The zero-order valence-electron chi connectivity index (χ0n) is 26.0. The molecule has 250 valence electrons. The molecule has 6 rings (SSSR count). The maximum absolute atomic E-state index is 9.44. The molecular formula is C34H44N2O8S2. The van der Waals surface area contributed by atoms with Gasteiger partial charge in [0.2, 0.25) is 0 Å². The van der Waals surface area contributed by atoms with E-state index < -0.39 is 11.9 Å². The number of fused-ring (bicyclic) bond motifs is 2. The minimum absolute atomic E-state index is 0.132. The second-order valence-electron chi connectivity index (χ2n) is 11.4. The number of aliphatic carboxylic acids is 2. The fraction of sp³-hybridized carbons (Fsp3) is 0.471. The Hall–Kier alpha value is -2.94. The van der Waals surface area contributed by atoms with Gasteiger partial charge in [0.1, 0.15) is 0 Å². The molecule has 2 saturated heterocycles. The second kappa shape index (κ2) is 19.0. The molecule has 0 saturated carbocycles. The third-order valence-electron chi connectivity index (χ3n) is 7.89. The molecule has 0 radical (unpaired) electrons. The zero-order chi connectivity index (χ0) is 32.7. The van der Waals surface area contributed by atoms with Crippen molar-refractivity contribution in [2.24, 2.45) is 0 Å². The topological polar surface area (TPSA) is 140 Å². The lowest BCUT2D eigenvalue weighted by molar-refractivity contribution is -0.159. The highest BCUT2D eigenvalue weighted by atomic mass is 32.1. The van der Waals surface area contributed by atoms with Gasteiger partial charge in [0.05, 0.1) is 38.6 Å². The Morgan fingerprint density at radius 1 is 0.674 bits per heavy atom. The largest absolute Gasteiger partial charge is 0.473 e. The van der Waals surface area contributed by atoms with Crippen LogP contribution < -0.4 is 0 Å². The first-order valence-corrected chi connectivity index (χ1v) is 17.4. The molecule has 2 aliphatic rings. The lowest BCUT2D eigenvalue weighted by Gasteiger charge is -2.14. The van der Waals surface area contributed by atoms with Gasteiger partial charge >= 0.3 is 11.9 Å². The predicted molar refractivity (Wildman–Crippen MR) is 182 cm³/mol. The van der Waals surface area contributed by atoms with Gasteiger partial charge in [-0.15, -0.1) is 22.7 Å². The van der Waals surface area contributed by atoms with E-state index in [0.29, 0.717) is 0 Å². The van der Waals surface area contributed by atoms with E-state index in [0.717, 1.165) is 91.4 Å². The normalized spacial score (nSPS) is 18.3. The average Bonchev–Trinajstić information content (AvgIpc) is 3.85. The summed E-state index contributed by atoms with van der Waals surface area (Å²) in [5.74, 6) is -3.65. The number of hydrogen-bond donors (Lipinski definition) is 4. The minimum Gasteiger partial charge on any atom is -0.473 e. The molecule has 2 fully saturated rings. The highest BCUT2D eigenvalue weighted by molar-refractivity contribution is 7.17. The summed E-state index contributed by atoms with van der Waals surface area (Å²) in [5, 5.41) is 40.6. The molecule has 4 heterocycles. The van der Waals surface area contributed by atoms with Gasteiger partial charge in [-0.3, -0.25) is 9.80 Å². The molecule has 12 heteroatoms. The van der Waals surface area contributed by atoms with Crippen LogP contribution in [0.5, 0.6) is 0 Å². The highest BCUT2D eigenvalue weighted by Gasteiger charge is 2.20. The van der Waals surface area contributed by atoms with Gasteiger partial charge in [-0.05, 0) is 82.6 Å². The Kier molecular flexibility index (Phi) is 14.8. The predicted octanol–water partition coefficient (Wildman–Crippen LogP) is 4.21. The van der Waals surface area contributed by atoms with Crippen LogP contribution in [-0.4, -0.2) is 120 Å². The van der Waals surface area contributed by atoms with Crippen molar-refractivity contribution in [1.29, 1.82) is 0 Å². The van der Waals surface area contributed by atoms with Crippen LogP contribution in [0.1, 0.15) is 24.0 Å². The number of likely N-dealkylation sites (tertiary alicyclic amines) is 2. The van der Waals surface area contributed by atoms with Crippen molar-refractivity contribution in [3.05, 3.63) is 70.4 Å². The molecular weight excluding hydrogens is 629 g/mol. The van der Waals surface area contributed by atoms with Crippen molar-refractivity contribution in [1.82, 2.24) is 9.80 Å². The molecule has 0 unspecified atom stereocenters. The number of rotatable bonds is 12. The number of carbonyl (C=O) groups is 2. The fourth-order valence-electron chi connectivity index (χ4n) is 5.35. The molecule has 4 N–H and O–H groups in total. The maximum atomic E-state index is 9.44. The van der Waals surface area contributed by atoms with Crippen LogP contribution in [0.2, 0.25) is 0 Å². The molecule has 4 aromatic rings. The first-order valence-electron chi connectivity index (χ1n) is 15.6. The minimum atomic E-state index is -1.82. The molecule has 0 bridgehead atoms. The van der Waals surface area contributed by atoms with Crippen molar-refractivity contribution in [3.63, 3.8) is 0 Å². The van der Waals surface area contributed by atoms with Crippen LogP contribution in [0, 0.1) is 0 Å². The zero-order valence-corrected chi connectivity index (χ0v) is 27.6. The molecule has 0 spiro atoms. The molecule has 0 amide bonds. The number of benzene rings is 2. The van der Waals surface area contributed by atoms with E-state index in [1.54, 1.807) is 22.7 Å². The Morgan fingerprint density at radius 2 is 1.11 bits per heavy atom. The van der Waals surface area contributed by atoms with Crippen LogP contribution >= 0.6 is 22.7 Å². The van der Waals surface area contributed by atoms with Crippen LogP contribution in [0.3, 0.4) is 0 Å². The van der Waals surface area contributed by atoms with Crippen LogP contribution in [0.15, 0.2) is 59.3 Å². The summed E-state index contributed by atoms with van der Waals surface area (Å²) in [6, 6.07) is 17.6. The summed E-state index contributed by atoms with van der Waals surface area (Å²) in [5.41, 5.74) is 2.68. The number of carboxylic acid groups (broad SMARTS) is 2. The van der Waals surface area contributed by atoms with Gasteiger partial charge in [-0.25, -0.2) is 9.59 Å². The molecule has 10 nitrogen and oxygen atoms in total. The van der Waals surface area contributed by atoms with Crippen LogP contribution in [0.25, 0.3) is 20.2 Å². The lowest BCUT2D eigenvalue weighted by atomic mass is 10.1. The standard InChI is InChI=1S/2C16H21NO2S.C2H2O4/c2*18-15-3-6-17(12-15)7-9-19-8-4-13-1-2-16-14(11-13)5-10-20-16;3-1(4)2(5)6/h2*1-2,5,10-11,15,18H,3-4,6-9,12H2;(H,3,4)(H,5,6)/t2*15-;/m00./s1. The van der Waals surface area contributed by atoms with Gasteiger partial charge in [0.15, 0.2) is 0 Å². The number of aliphatic hydroxyl groups excluding tert-OH is 2. The first-order chi connectivity index (χ1) is 22.3. The lowest BCUT2D eigenvalue weighted by Crippen LogP contribution is -2.26. The number of hydrogen-bond acceptors (Lipinski definition) is 10. The molecule has 2 aromatic carbocycles. The average molecular weight is 673 g/mol. The van der Waals surface area contributed by atoms with E-state index in [1.807, 2.05) is 0 Å². The first kappa shape index (κ1) is 35.9. The van der Waals surface area contributed by atoms with Gasteiger partial charge in [0, 0.05) is 48.7 Å². The number of ether oxygens (including phenoxy) is 2. The van der Waals surface area contributed by atoms with Crippen molar-refractivity contribution in [3.8, 4) is 0 Å². The van der Waals surface area contributed by atoms with E-state index in [2.05, 4.69) is 69.1 Å². The van der Waals surface area contributed by atoms with Crippen molar-refractivity contribution < 1.29 is 39.5 Å². The quantitative estimate of drug-likeness (QED) is 0.128. The summed E-state index contributed by atoms with van der Waals surface area (Å²) < 4.78 is 14.1. The summed E-state index contributed by atoms with van der Waals surface area (Å²) in [6.45, 7) is 8.52. The number of thiophene rings is 2. The second-order valence-corrected chi connectivity index (χ2v) is 13.3. The Morgan fingerprint density at radius 3 is 1.48 bits per heavy atom. The summed E-state index contributed by atoms with van der Waals surface area (Å²) in [7, 11) is 0. The molecule has 2 atom stereocenters. The van der Waals surface area contributed by atoms with E-state index >= 15 is 0 Å². The number of β-amino-alcohol motifs (C(OH)–C–C–N with tert-alkyl or cyclic N) is 2. The fourth-order valence-corrected chi connectivity index (χ4v) is 6.89. The van der Waals surface area contributed by atoms with E-state index in [9.17, 15) is 10.2 Å². The van der Waals surface area contributed by atoms with Gasteiger partial charge in [-0.1, -0.05) is 24.3 Å². The Bertz CT molecular complexity index is 1400. The number of aliphatic hydroxyl groups is 2. The van der Waals surface area contributed by atoms with E-state index in [1.165, 1.54) is 31.3 Å². The van der Waals surface area contributed by atoms with Gasteiger partial charge in [-0.2, -0.15) is 0 Å². The summed E-state index contributed by atoms with van der Waals surface area (Å²) in [6.07, 6.45) is 3.48. The highest BCUT2D eigenvalue weighted by Crippen LogP contribution is 2.23. The Labute approximate surface area is 277 Å². The third-order valence-corrected chi connectivity index (χ3v) is 9.68. The maximum Gasteiger partial charge on any atom is 0.414 e. The number of nitrogens with zero attached hydrogens (tertiary/aromatic N) is 2. The smallest absolute Gasteiger partial charge is 0.414 e. The summed E-state index contributed by atoms with van der Waals surface area (Å²) in [4.78, 5) is 22.7. The van der Waals surface area contributed by atoms with Gasteiger partial charge < -0.3 is 29.9 Å². The summed E-state index contributed by atoms with van der Waals surface area (Å²) >= 11 is 3.57. The van der Waals surface area contributed by atoms with Gasteiger partial charge in [0.25, 0.3) is 0 Å². The molecule has 0 aliphatic carbocycles. The SMILES string of the molecule is O=C(O)C(=O)O.O[C@H]1CCN(CCOCCc2ccc3sccc3c2)C1.O[C@H]1CCN(CCOCCc2ccc3sccc3c2)C1. The van der Waals surface area contributed by atoms with E-state index in [4.69, 9.17) is 29.3 Å². The molecule has 2 aliphatic heterocycles. The Balaban J connectivity index is 0.000000178. The van der Waals surface area contributed by atoms with Crippen LogP contribution in [-0.2, 0) is 31.9 Å². The van der Waals surface area contributed by atoms with Crippen molar-refractivity contribution >= 4 is 54.8 Å². The monoisotopic (exact) mass is 672 g/mol. The number of carboxylic acids is 2. The molecule has 46 heavy (non-hydrogen) atoms. The van der Waals surface area contributed by atoms with Crippen molar-refractivity contribution in [2.75, 3.05) is 65.7 Å². The molecule has 2 aromatic heterocycles. The van der Waals surface area contributed by atoms with Crippen molar-refractivity contribution in [2.45, 2.75) is 37.9 Å². The third kappa shape index (κ3) is 12.3. The van der Waals surface area contributed by atoms with E-state index in [-0.39, 0.29) is 12.2 Å². The van der Waals surface area contributed by atoms with Crippen LogP contribution in [0.4, 0.5) is 0 Å².